The molecule has 0 saturated heterocycles. The number of halogens is 4. The number of hydrogen-bond acceptors (Lipinski definition) is 5. The summed E-state index contributed by atoms with van der Waals surface area (Å²) in [6.07, 6.45) is 1.52. The van der Waals surface area contributed by atoms with Gasteiger partial charge in [0.15, 0.2) is 11.5 Å². The fourth-order valence-electron chi connectivity index (χ4n) is 2.79. The largest absolute Gasteiger partial charge is 0.493 e. The van der Waals surface area contributed by atoms with Crippen LogP contribution in [0, 0.1) is 0 Å². The smallest absolute Gasteiger partial charge is 0.271 e. The number of methoxy groups -OCH3 is 2. The van der Waals surface area contributed by atoms with Crippen LogP contribution in [0.4, 0.5) is 0 Å². The molecule has 0 spiro atoms. The van der Waals surface area contributed by atoms with Gasteiger partial charge in [-0.1, -0.05) is 29.3 Å². The summed E-state index contributed by atoms with van der Waals surface area (Å²) in [5, 5.41) is 5.13. The molecule has 0 aromatic heterocycles. The fourth-order valence-corrected chi connectivity index (χ4v) is 4.70. The molecule has 10 heteroatoms. The Morgan fingerprint density at radius 1 is 1.00 bits per heavy atom. The minimum atomic E-state index is -0.384. The predicted octanol–water partition coefficient (Wildman–Crippen LogP) is 6.88. The highest BCUT2D eigenvalue weighted by molar-refractivity contribution is 9.11. The van der Waals surface area contributed by atoms with Gasteiger partial charge in [0, 0.05) is 21.2 Å². The normalized spacial score (nSPS) is 10.8. The third kappa shape index (κ3) is 6.63. The second-order valence-electron chi connectivity index (χ2n) is 6.61. The van der Waals surface area contributed by atoms with Gasteiger partial charge in [0.25, 0.3) is 5.91 Å². The van der Waals surface area contributed by atoms with Crippen molar-refractivity contribution in [1.82, 2.24) is 5.43 Å². The highest BCUT2D eigenvalue weighted by Crippen LogP contribution is 2.35. The molecule has 0 unspecified atom stereocenters. The highest BCUT2D eigenvalue weighted by atomic mass is 79.9. The number of ether oxygens (including phenoxy) is 3. The van der Waals surface area contributed by atoms with Gasteiger partial charge < -0.3 is 14.2 Å². The summed E-state index contributed by atoms with van der Waals surface area (Å²) >= 11 is 19.2. The zero-order valence-electron chi connectivity index (χ0n) is 17.5. The van der Waals surface area contributed by atoms with Gasteiger partial charge in [0.05, 0.1) is 29.4 Å². The van der Waals surface area contributed by atoms with Crippen LogP contribution in [0.5, 0.6) is 17.2 Å². The lowest BCUT2D eigenvalue weighted by Gasteiger charge is -2.12. The predicted molar refractivity (Wildman–Crippen MR) is 137 cm³/mol. The maximum absolute atomic E-state index is 12.4. The van der Waals surface area contributed by atoms with Crippen LogP contribution in [-0.2, 0) is 6.61 Å². The van der Waals surface area contributed by atoms with Gasteiger partial charge in [0.1, 0.15) is 12.4 Å². The van der Waals surface area contributed by atoms with Crippen molar-refractivity contribution in [2.24, 2.45) is 5.10 Å². The number of benzene rings is 3. The summed E-state index contributed by atoms with van der Waals surface area (Å²) in [5.74, 6) is 1.21. The first kappa shape index (κ1) is 25.4. The van der Waals surface area contributed by atoms with Crippen LogP contribution >= 0.6 is 55.1 Å². The molecule has 0 radical (unpaired) electrons. The van der Waals surface area contributed by atoms with Gasteiger partial charge in [-0.3, -0.25) is 4.79 Å². The van der Waals surface area contributed by atoms with Crippen molar-refractivity contribution in [3.8, 4) is 17.2 Å². The molecule has 3 aromatic carbocycles. The zero-order valence-corrected chi connectivity index (χ0v) is 22.2. The third-order valence-corrected chi connectivity index (χ3v) is 6.20. The van der Waals surface area contributed by atoms with Crippen LogP contribution in [0.2, 0.25) is 10.0 Å². The first-order valence-electron chi connectivity index (χ1n) is 9.43. The number of nitrogens with zero attached hydrogens (tertiary/aromatic N) is 1. The number of rotatable bonds is 8. The lowest BCUT2D eigenvalue weighted by atomic mass is 10.2. The van der Waals surface area contributed by atoms with Crippen molar-refractivity contribution in [3.05, 3.63) is 84.2 Å². The Balaban J connectivity index is 1.66. The summed E-state index contributed by atoms with van der Waals surface area (Å²) in [5.41, 5.74) is 4.42. The third-order valence-electron chi connectivity index (χ3n) is 4.43. The Hall–Kier alpha value is -2.26. The van der Waals surface area contributed by atoms with Gasteiger partial charge in [-0.25, -0.2) is 5.43 Å². The van der Waals surface area contributed by atoms with E-state index in [-0.39, 0.29) is 12.5 Å². The standard InChI is InChI=1S/C23H18Br2Cl2N2O4/c1-31-20-6-4-14(9-21(20)32-2)23(30)29-28-11-13-7-17(24)22(18(25)8-13)33-12-15-3-5-16(26)10-19(15)27/h3-11H,12H2,1-2H3,(H,29,30)/b28-11+. The lowest BCUT2D eigenvalue weighted by Crippen LogP contribution is -2.17. The van der Waals surface area contributed by atoms with E-state index in [0.717, 1.165) is 11.1 Å². The van der Waals surface area contributed by atoms with Crippen LogP contribution in [-0.4, -0.2) is 26.3 Å². The number of hydrazone groups is 1. The van der Waals surface area contributed by atoms with Crippen molar-refractivity contribution in [2.45, 2.75) is 6.61 Å². The van der Waals surface area contributed by atoms with Gasteiger partial charge in [-0.2, -0.15) is 5.10 Å². The zero-order chi connectivity index (χ0) is 24.0. The van der Waals surface area contributed by atoms with E-state index in [9.17, 15) is 4.79 Å². The number of amides is 1. The van der Waals surface area contributed by atoms with Crippen LogP contribution in [0.3, 0.4) is 0 Å². The van der Waals surface area contributed by atoms with E-state index in [4.69, 9.17) is 37.4 Å². The van der Waals surface area contributed by atoms with Crippen LogP contribution in [0.1, 0.15) is 21.5 Å². The van der Waals surface area contributed by atoms with Crippen molar-refractivity contribution in [1.29, 1.82) is 0 Å². The van der Waals surface area contributed by atoms with E-state index >= 15 is 0 Å². The van der Waals surface area contributed by atoms with Crippen LogP contribution in [0.15, 0.2) is 62.6 Å². The minimum Gasteiger partial charge on any atom is -0.493 e. The number of carbonyl (C=O) groups is 1. The van der Waals surface area contributed by atoms with Crippen molar-refractivity contribution < 1.29 is 19.0 Å². The Bertz CT molecular complexity index is 1180. The van der Waals surface area contributed by atoms with Gasteiger partial charge in [-0.15, -0.1) is 0 Å². The van der Waals surface area contributed by atoms with E-state index in [1.165, 1.54) is 20.4 Å². The van der Waals surface area contributed by atoms with Crippen molar-refractivity contribution >= 4 is 67.2 Å². The molecule has 0 fully saturated rings. The molecule has 6 nitrogen and oxygen atoms in total. The minimum absolute atomic E-state index is 0.266. The van der Waals surface area contributed by atoms with E-state index in [1.54, 1.807) is 30.3 Å². The average Bonchev–Trinajstić information content (AvgIpc) is 2.79. The van der Waals surface area contributed by atoms with Crippen molar-refractivity contribution in [2.75, 3.05) is 14.2 Å². The van der Waals surface area contributed by atoms with E-state index in [1.807, 2.05) is 18.2 Å². The van der Waals surface area contributed by atoms with E-state index < -0.39 is 0 Å². The molecular formula is C23H18Br2Cl2N2O4. The van der Waals surface area contributed by atoms with Gasteiger partial charge in [0.2, 0.25) is 0 Å². The Kier molecular flexibility index (Phi) is 9.02. The molecule has 0 aliphatic rings. The maximum Gasteiger partial charge on any atom is 0.271 e. The topological polar surface area (TPSA) is 69.2 Å². The molecule has 3 rings (SSSR count). The highest BCUT2D eigenvalue weighted by Gasteiger charge is 2.12. The van der Waals surface area contributed by atoms with E-state index in [2.05, 4.69) is 42.4 Å². The first-order chi connectivity index (χ1) is 15.8. The first-order valence-corrected chi connectivity index (χ1v) is 11.8. The fraction of sp³-hybridized carbons (Fsp3) is 0.130. The summed E-state index contributed by atoms with van der Waals surface area (Å²) in [6.45, 7) is 0.266. The summed E-state index contributed by atoms with van der Waals surface area (Å²) < 4.78 is 17.7. The summed E-state index contributed by atoms with van der Waals surface area (Å²) in [7, 11) is 3.03. The molecule has 0 saturated carbocycles. The van der Waals surface area contributed by atoms with Gasteiger partial charge in [-0.05, 0) is 79.9 Å². The molecular weight excluding hydrogens is 599 g/mol. The quantitative estimate of drug-likeness (QED) is 0.221. The molecule has 0 aliphatic heterocycles. The Morgan fingerprint density at radius 3 is 2.33 bits per heavy atom. The molecule has 0 heterocycles. The molecule has 0 aliphatic carbocycles. The van der Waals surface area contributed by atoms with Crippen LogP contribution < -0.4 is 19.6 Å². The maximum atomic E-state index is 12.4. The Morgan fingerprint density at radius 2 is 1.70 bits per heavy atom. The molecule has 1 N–H and O–H groups in total. The van der Waals surface area contributed by atoms with E-state index in [0.29, 0.717) is 41.8 Å². The number of hydrogen-bond donors (Lipinski definition) is 1. The number of carbonyl (C=O) groups excluding carboxylic acids is 1. The molecule has 33 heavy (non-hydrogen) atoms. The molecule has 1 amide bonds. The molecule has 0 bridgehead atoms. The van der Waals surface area contributed by atoms with Gasteiger partial charge >= 0.3 is 0 Å². The molecule has 3 aromatic rings. The Labute approximate surface area is 218 Å². The molecule has 172 valence electrons. The number of nitrogens with one attached hydrogen (secondary N) is 1. The van der Waals surface area contributed by atoms with Crippen LogP contribution in [0.25, 0.3) is 0 Å². The molecule has 0 atom stereocenters. The lowest BCUT2D eigenvalue weighted by molar-refractivity contribution is 0.0954. The van der Waals surface area contributed by atoms with Crippen molar-refractivity contribution in [3.63, 3.8) is 0 Å². The monoisotopic (exact) mass is 614 g/mol. The second-order valence-corrected chi connectivity index (χ2v) is 9.16. The SMILES string of the molecule is COc1ccc(C(=O)N/N=C/c2cc(Br)c(OCc3ccc(Cl)cc3Cl)c(Br)c2)cc1OC. The summed E-state index contributed by atoms with van der Waals surface area (Å²) in [4.78, 5) is 12.4. The average molecular weight is 617 g/mol. The summed E-state index contributed by atoms with van der Waals surface area (Å²) in [6, 6.07) is 13.7. The second kappa shape index (κ2) is 11.7.